The molecule has 0 fully saturated rings. The van der Waals surface area contributed by atoms with Crippen LogP contribution in [0.2, 0.25) is 0 Å². The van der Waals surface area contributed by atoms with E-state index < -0.39 is 0 Å². The summed E-state index contributed by atoms with van der Waals surface area (Å²) < 4.78 is 0. The highest BCUT2D eigenvalue weighted by Gasteiger charge is 2.04. The summed E-state index contributed by atoms with van der Waals surface area (Å²) in [5.74, 6) is 0.903. The Kier molecular flexibility index (Phi) is 4.23. The zero-order valence-electron chi connectivity index (χ0n) is 8.79. The Balaban J connectivity index is 2.54. The number of thioether (sulfide) groups is 1. The molecule has 0 aliphatic rings. The van der Waals surface area contributed by atoms with Gasteiger partial charge in [0.15, 0.2) is 0 Å². The quantitative estimate of drug-likeness (QED) is 0.607. The van der Waals surface area contributed by atoms with Gasteiger partial charge in [-0.05, 0) is 25.5 Å². The van der Waals surface area contributed by atoms with Gasteiger partial charge < -0.3 is 5.73 Å². The molecule has 0 saturated heterocycles. The summed E-state index contributed by atoms with van der Waals surface area (Å²) in [5.41, 5.74) is 8.25. The SMILES string of the molecule is C=C(C)C(N)CSc1ccccc1C. The van der Waals surface area contributed by atoms with Crippen LogP contribution < -0.4 is 5.73 Å². The fourth-order valence-electron chi connectivity index (χ4n) is 1.04. The van der Waals surface area contributed by atoms with E-state index >= 15 is 0 Å². The monoisotopic (exact) mass is 207 g/mol. The molecule has 2 N–H and O–H groups in total. The highest BCUT2D eigenvalue weighted by Crippen LogP contribution is 2.22. The average Bonchev–Trinajstić information content (AvgIpc) is 2.16. The van der Waals surface area contributed by atoms with E-state index in [0.717, 1.165) is 11.3 Å². The summed E-state index contributed by atoms with van der Waals surface area (Å²) in [6, 6.07) is 8.46. The molecule has 2 heteroatoms. The van der Waals surface area contributed by atoms with Crippen molar-refractivity contribution in [2.45, 2.75) is 24.8 Å². The van der Waals surface area contributed by atoms with Crippen LogP contribution in [0.15, 0.2) is 41.3 Å². The molecular formula is C12H17NS. The smallest absolute Gasteiger partial charge is 0.0343 e. The molecule has 1 unspecified atom stereocenters. The van der Waals surface area contributed by atoms with Crippen molar-refractivity contribution in [3.05, 3.63) is 42.0 Å². The van der Waals surface area contributed by atoms with Crippen LogP contribution in [0, 0.1) is 6.92 Å². The average molecular weight is 207 g/mol. The van der Waals surface area contributed by atoms with Gasteiger partial charge in [0, 0.05) is 16.7 Å². The second-order valence-electron chi connectivity index (χ2n) is 3.53. The Morgan fingerprint density at radius 3 is 2.71 bits per heavy atom. The van der Waals surface area contributed by atoms with Gasteiger partial charge in [-0.15, -0.1) is 11.8 Å². The summed E-state index contributed by atoms with van der Waals surface area (Å²) in [6.45, 7) is 7.95. The normalized spacial score (nSPS) is 12.5. The summed E-state index contributed by atoms with van der Waals surface area (Å²) in [6.07, 6.45) is 0. The molecule has 0 amide bonds. The van der Waals surface area contributed by atoms with Crippen LogP contribution in [0.1, 0.15) is 12.5 Å². The predicted molar refractivity (Wildman–Crippen MR) is 64.7 cm³/mol. The molecular weight excluding hydrogens is 190 g/mol. The Labute approximate surface area is 90.4 Å². The number of rotatable bonds is 4. The third kappa shape index (κ3) is 3.20. The molecule has 1 rings (SSSR count). The summed E-state index contributed by atoms with van der Waals surface area (Å²) in [5, 5.41) is 0. The number of benzene rings is 1. The summed E-state index contributed by atoms with van der Waals surface area (Å²) in [4.78, 5) is 1.31. The van der Waals surface area contributed by atoms with Gasteiger partial charge in [0.05, 0.1) is 0 Å². The van der Waals surface area contributed by atoms with E-state index in [2.05, 4.69) is 37.8 Å². The van der Waals surface area contributed by atoms with Crippen LogP contribution in [-0.2, 0) is 0 Å². The number of nitrogens with two attached hydrogens (primary N) is 1. The molecule has 0 saturated carbocycles. The molecule has 1 aromatic rings. The molecule has 0 spiro atoms. The van der Waals surface area contributed by atoms with Crippen LogP contribution in [0.5, 0.6) is 0 Å². The van der Waals surface area contributed by atoms with E-state index in [9.17, 15) is 0 Å². The molecule has 0 aliphatic heterocycles. The lowest BCUT2D eigenvalue weighted by molar-refractivity contribution is 0.877. The lowest BCUT2D eigenvalue weighted by Crippen LogP contribution is -2.23. The van der Waals surface area contributed by atoms with Crippen molar-refractivity contribution in [1.29, 1.82) is 0 Å². The molecule has 0 bridgehead atoms. The highest BCUT2D eigenvalue weighted by atomic mass is 32.2. The van der Waals surface area contributed by atoms with E-state index in [4.69, 9.17) is 5.73 Å². The molecule has 1 nitrogen and oxygen atoms in total. The number of aryl methyl sites for hydroxylation is 1. The Morgan fingerprint density at radius 2 is 2.14 bits per heavy atom. The van der Waals surface area contributed by atoms with Crippen molar-refractivity contribution in [2.75, 3.05) is 5.75 Å². The van der Waals surface area contributed by atoms with Crippen molar-refractivity contribution in [3.8, 4) is 0 Å². The first-order valence-corrected chi connectivity index (χ1v) is 5.69. The third-order valence-corrected chi connectivity index (χ3v) is 3.44. The zero-order chi connectivity index (χ0) is 10.6. The molecule has 0 radical (unpaired) electrons. The van der Waals surface area contributed by atoms with Gasteiger partial charge in [0.2, 0.25) is 0 Å². The van der Waals surface area contributed by atoms with Crippen LogP contribution in [-0.4, -0.2) is 11.8 Å². The zero-order valence-corrected chi connectivity index (χ0v) is 9.60. The number of hydrogen-bond acceptors (Lipinski definition) is 2. The van der Waals surface area contributed by atoms with Crippen molar-refractivity contribution in [1.82, 2.24) is 0 Å². The van der Waals surface area contributed by atoms with E-state index in [1.165, 1.54) is 10.5 Å². The maximum atomic E-state index is 5.89. The summed E-state index contributed by atoms with van der Waals surface area (Å²) in [7, 11) is 0. The van der Waals surface area contributed by atoms with Gasteiger partial charge in [-0.3, -0.25) is 0 Å². The van der Waals surface area contributed by atoms with Crippen molar-refractivity contribution < 1.29 is 0 Å². The first kappa shape index (κ1) is 11.3. The number of hydrogen-bond donors (Lipinski definition) is 1. The second kappa shape index (κ2) is 5.23. The first-order chi connectivity index (χ1) is 6.61. The van der Waals surface area contributed by atoms with Gasteiger partial charge >= 0.3 is 0 Å². The second-order valence-corrected chi connectivity index (χ2v) is 4.59. The van der Waals surface area contributed by atoms with Crippen LogP contribution in [0.4, 0.5) is 0 Å². The Bertz CT molecular complexity index is 320. The molecule has 0 aromatic heterocycles. The lowest BCUT2D eigenvalue weighted by Gasteiger charge is -2.11. The first-order valence-electron chi connectivity index (χ1n) is 4.70. The fourth-order valence-corrected chi connectivity index (χ4v) is 2.15. The van der Waals surface area contributed by atoms with Crippen LogP contribution >= 0.6 is 11.8 Å². The van der Waals surface area contributed by atoms with Crippen LogP contribution in [0.25, 0.3) is 0 Å². The van der Waals surface area contributed by atoms with Gasteiger partial charge in [-0.2, -0.15) is 0 Å². The van der Waals surface area contributed by atoms with Gasteiger partial charge in [-0.1, -0.05) is 30.4 Å². The minimum Gasteiger partial charge on any atom is -0.324 e. The van der Waals surface area contributed by atoms with Gasteiger partial charge in [0.25, 0.3) is 0 Å². The van der Waals surface area contributed by atoms with Gasteiger partial charge in [0.1, 0.15) is 0 Å². The predicted octanol–water partition coefficient (Wildman–Crippen LogP) is 2.99. The van der Waals surface area contributed by atoms with Crippen molar-refractivity contribution >= 4 is 11.8 Å². The molecule has 76 valence electrons. The van der Waals surface area contributed by atoms with E-state index in [0.29, 0.717) is 0 Å². The Hall–Kier alpha value is -0.730. The lowest BCUT2D eigenvalue weighted by atomic mass is 10.2. The fraction of sp³-hybridized carbons (Fsp3) is 0.333. The maximum absolute atomic E-state index is 5.89. The van der Waals surface area contributed by atoms with Gasteiger partial charge in [-0.25, -0.2) is 0 Å². The Morgan fingerprint density at radius 1 is 1.50 bits per heavy atom. The standard InChI is InChI=1S/C12H17NS/c1-9(2)11(13)8-14-12-7-5-4-6-10(12)3/h4-7,11H,1,8,13H2,2-3H3. The van der Waals surface area contributed by atoms with Crippen molar-refractivity contribution in [2.24, 2.45) is 5.73 Å². The summed E-state index contributed by atoms with van der Waals surface area (Å²) >= 11 is 1.80. The topological polar surface area (TPSA) is 26.0 Å². The maximum Gasteiger partial charge on any atom is 0.0343 e. The minimum absolute atomic E-state index is 0.0969. The third-order valence-electron chi connectivity index (χ3n) is 2.14. The highest BCUT2D eigenvalue weighted by molar-refractivity contribution is 7.99. The molecule has 0 heterocycles. The molecule has 0 aliphatic carbocycles. The van der Waals surface area contributed by atoms with Crippen molar-refractivity contribution in [3.63, 3.8) is 0 Å². The van der Waals surface area contributed by atoms with E-state index in [1.54, 1.807) is 11.8 Å². The molecule has 14 heavy (non-hydrogen) atoms. The largest absolute Gasteiger partial charge is 0.324 e. The van der Waals surface area contributed by atoms with E-state index in [1.807, 2.05) is 6.92 Å². The molecule has 1 aromatic carbocycles. The minimum atomic E-state index is 0.0969. The van der Waals surface area contributed by atoms with Crippen LogP contribution in [0.3, 0.4) is 0 Å². The van der Waals surface area contributed by atoms with E-state index in [-0.39, 0.29) is 6.04 Å². The molecule has 1 atom stereocenters.